The van der Waals surface area contributed by atoms with Gasteiger partial charge < -0.3 is 34.0 Å². The number of halogens is 2. The van der Waals surface area contributed by atoms with Gasteiger partial charge in [-0.2, -0.15) is 0 Å². The molecule has 0 N–H and O–H groups in total. The molecule has 0 unspecified atom stereocenters. The predicted octanol–water partition coefficient (Wildman–Crippen LogP) is -0.0347. The Hall–Kier alpha value is 1.16. The van der Waals surface area contributed by atoms with E-state index in [4.69, 9.17) is 0 Å². The molecule has 172 valence electrons. The molecule has 2 heterocycles. The van der Waals surface area contributed by atoms with Crippen LogP contribution in [0.5, 0.6) is 0 Å². The summed E-state index contributed by atoms with van der Waals surface area (Å²) in [6.45, 7) is 15.9. The van der Waals surface area contributed by atoms with Gasteiger partial charge in [0.15, 0.2) is 0 Å². The molecule has 7 heteroatoms. The van der Waals surface area contributed by atoms with Crippen LogP contribution >= 0.6 is 0 Å². The van der Waals surface area contributed by atoms with Gasteiger partial charge in [-0.1, -0.05) is 0 Å². The first-order valence-corrected chi connectivity index (χ1v) is 20.3. The van der Waals surface area contributed by atoms with Crippen LogP contribution in [0.15, 0.2) is 41.3 Å². The van der Waals surface area contributed by atoms with E-state index in [0.29, 0.717) is 0 Å². The van der Waals surface area contributed by atoms with Gasteiger partial charge in [0.25, 0.3) is 0 Å². The second-order valence-electron chi connectivity index (χ2n) is 10.3. The van der Waals surface area contributed by atoms with Gasteiger partial charge in [-0.15, -0.1) is 0 Å². The van der Waals surface area contributed by atoms with Gasteiger partial charge in [0.2, 0.25) is 0 Å². The molecule has 0 aromatic rings. The minimum Gasteiger partial charge on any atom is -1.00 e. The van der Waals surface area contributed by atoms with Crippen LogP contribution in [0.1, 0.15) is 51.4 Å². The summed E-state index contributed by atoms with van der Waals surface area (Å²) in [6.07, 6.45) is 21.2. The first-order valence-electron chi connectivity index (χ1n) is 12.0. The van der Waals surface area contributed by atoms with Crippen molar-refractivity contribution in [1.29, 1.82) is 0 Å². The van der Waals surface area contributed by atoms with E-state index in [0.717, 1.165) is 0 Å². The molecule has 2 aliphatic carbocycles. The van der Waals surface area contributed by atoms with Crippen molar-refractivity contribution in [3.63, 3.8) is 0 Å². The van der Waals surface area contributed by atoms with Crippen LogP contribution < -0.4 is 34.0 Å². The van der Waals surface area contributed by atoms with E-state index in [9.17, 15) is 0 Å². The summed E-state index contributed by atoms with van der Waals surface area (Å²) in [5.74, 6) is 0. The van der Waals surface area contributed by atoms with Crippen LogP contribution in [0.4, 0.5) is 0 Å². The van der Waals surface area contributed by atoms with E-state index in [1.807, 2.05) is 17.0 Å². The minimum atomic E-state index is -1.48. The van der Waals surface area contributed by atoms with Gasteiger partial charge in [0.1, 0.15) is 0 Å². The summed E-state index contributed by atoms with van der Waals surface area (Å²) in [5, 5.41) is 3.67. The second kappa shape index (κ2) is 12.2. The molecule has 0 radical (unpaired) electrons. The van der Waals surface area contributed by atoms with Crippen molar-refractivity contribution in [3.05, 3.63) is 41.3 Å². The average molecular weight is 664 g/mol. The molecule has 2 saturated heterocycles. The SMILES string of the molecule is C[Si](C)(C1=[C]([Zr+2][C]2=C([Si](C)(C)N3CCCCC3)C=CC2)CC=C1)N1CCCCC1.[Br-].[Br-]. The van der Waals surface area contributed by atoms with Crippen LogP contribution in [0.3, 0.4) is 0 Å². The Morgan fingerprint density at radius 1 is 0.613 bits per heavy atom. The normalized spacial score (nSPS) is 23.1. The maximum atomic E-state index is 2.91. The molecule has 0 aromatic carbocycles. The van der Waals surface area contributed by atoms with Crippen LogP contribution in [-0.2, 0) is 23.2 Å². The third-order valence-corrected chi connectivity index (χ3v) is 20.4. The molecule has 2 fully saturated rings. The fourth-order valence-corrected chi connectivity index (χ4v) is 20.4. The van der Waals surface area contributed by atoms with Crippen molar-refractivity contribution >= 4 is 16.5 Å². The van der Waals surface area contributed by atoms with Crippen molar-refractivity contribution in [2.75, 3.05) is 26.2 Å². The summed E-state index contributed by atoms with van der Waals surface area (Å²) in [4.78, 5) is 0. The average Bonchev–Trinajstić information content (AvgIpc) is 3.40. The molecule has 31 heavy (non-hydrogen) atoms. The number of allylic oxidation sites excluding steroid dienone is 8. The van der Waals surface area contributed by atoms with Crippen molar-refractivity contribution in [2.45, 2.75) is 77.6 Å². The Morgan fingerprint density at radius 2 is 0.968 bits per heavy atom. The Kier molecular flexibility index (Phi) is 11.2. The number of rotatable bonds is 6. The third kappa shape index (κ3) is 6.24. The molecule has 0 bridgehead atoms. The number of piperidine rings is 2. The summed E-state index contributed by atoms with van der Waals surface area (Å²) in [7, 11) is -2.96. The van der Waals surface area contributed by atoms with Gasteiger partial charge in [-0.05, 0) is 0 Å². The van der Waals surface area contributed by atoms with Crippen molar-refractivity contribution in [2.24, 2.45) is 0 Å². The van der Waals surface area contributed by atoms with E-state index in [2.05, 4.69) is 59.6 Å². The maximum Gasteiger partial charge on any atom is -1.00 e. The fourth-order valence-electron chi connectivity index (χ4n) is 5.82. The van der Waals surface area contributed by atoms with Crippen LogP contribution in [-0.4, -0.2) is 51.8 Å². The van der Waals surface area contributed by atoms with Crippen molar-refractivity contribution < 1.29 is 57.2 Å². The number of hydrogen-bond donors (Lipinski definition) is 0. The second-order valence-corrected chi connectivity index (χ2v) is 22.5. The Morgan fingerprint density at radius 3 is 1.32 bits per heavy atom. The molecular formula is C24H40Br2N2Si2Zr. The molecule has 2 aliphatic heterocycles. The zero-order valence-electron chi connectivity index (χ0n) is 19.9. The van der Waals surface area contributed by atoms with Crippen LogP contribution in [0, 0.1) is 0 Å². The first-order chi connectivity index (χ1) is 13.9. The third-order valence-electron chi connectivity index (χ3n) is 7.78. The first kappa shape index (κ1) is 28.4. The minimum absolute atomic E-state index is 0. The Balaban J connectivity index is 0.00000171. The van der Waals surface area contributed by atoms with Gasteiger partial charge >= 0.3 is 194 Å². The molecule has 4 rings (SSSR count). The van der Waals surface area contributed by atoms with Crippen molar-refractivity contribution in [3.8, 4) is 0 Å². The smallest absolute Gasteiger partial charge is 1.00 e. The molecular weight excluding hydrogens is 623 g/mol. The van der Waals surface area contributed by atoms with Crippen LogP contribution in [0.2, 0.25) is 26.2 Å². The molecule has 4 aliphatic rings. The molecule has 0 spiro atoms. The van der Waals surface area contributed by atoms with Crippen molar-refractivity contribution in [1.82, 2.24) is 9.13 Å². The molecule has 0 atom stereocenters. The number of hydrogen-bond acceptors (Lipinski definition) is 2. The zero-order valence-corrected chi connectivity index (χ0v) is 27.6. The van der Waals surface area contributed by atoms with E-state index in [1.165, 1.54) is 77.5 Å². The van der Waals surface area contributed by atoms with Gasteiger partial charge in [-0.25, -0.2) is 0 Å². The topological polar surface area (TPSA) is 6.48 Å². The van der Waals surface area contributed by atoms with E-state index >= 15 is 0 Å². The van der Waals surface area contributed by atoms with Crippen LogP contribution in [0.25, 0.3) is 0 Å². The van der Waals surface area contributed by atoms with Gasteiger partial charge in [0, 0.05) is 0 Å². The Labute approximate surface area is 226 Å². The van der Waals surface area contributed by atoms with Gasteiger partial charge in [0.05, 0.1) is 0 Å². The van der Waals surface area contributed by atoms with E-state index in [1.54, 1.807) is 0 Å². The van der Waals surface area contributed by atoms with E-state index < -0.39 is 39.7 Å². The maximum absolute atomic E-state index is 2.91. The standard InChI is InChI=1S/2C12H20NSi.2BrH.Zr/c2*1-14(2,12-8-4-5-9-12)13-10-6-3-7-11-13;;;/h2*4,8H,3,5-7,10-11H2,1-2H3;2*1H;/q;;;;+2/p-2. The molecule has 0 aromatic heterocycles. The van der Waals surface area contributed by atoms with Gasteiger partial charge in [-0.3, -0.25) is 0 Å². The zero-order chi connectivity index (χ0) is 20.5. The molecule has 0 amide bonds. The Bertz CT molecular complexity index is 685. The summed E-state index contributed by atoms with van der Waals surface area (Å²) in [5.41, 5.74) is 0. The summed E-state index contributed by atoms with van der Waals surface area (Å²) in [6, 6.07) is 0. The quantitative estimate of drug-likeness (QED) is 0.369. The summed E-state index contributed by atoms with van der Waals surface area (Å²) >= 11 is -0.657. The predicted molar refractivity (Wildman–Crippen MR) is 127 cm³/mol. The molecule has 0 saturated carbocycles. The largest absolute Gasteiger partial charge is 1.00 e. The monoisotopic (exact) mass is 660 g/mol. The summed E-state index contributed by atoms with van der Waals surface area (Å²) < 4.78 is 9.68. The fraction of sp³-hybridized carbons (Fsp3) is 0.667. The molecule has 2 nitrogen and oxygen atoms in total. The van der Waals surface area contributed by atoms with E-state index in [-0.39, 0.29) is 34.0 Å². The number of nitrogens with zero attached hydrogens (tertiary/aromatic N) is 2.